The van der Waals surface area contributed by atoms with E-state index in [-0.39, 0.29) is 35.0 Å². The topological polar surface area (TPSA) is 155 Å². The Labute approximate surface area is 293 Å². The molecule has 3 fully saturated rings. The zero-order valence-electron chi connectivity index (χ0n) is 28.0. The highest BCUT2D eigenvalue weighted by Crippen LogP contribution is 2.34. The van der Waals surface area contributed by atoms with Crippen molar-refractivity contribution < 1.29 is 31.5 Å². The van der Waals surface area contributed by atoms with Gasteiger partial charge < -0.3 is 10.1 Å². The summed E-state index contributed by atoms with van der Waals surface area (Å²) in [5, 5.41) is 11.0. The molecule has 270 valence electrons. The number of nitrogens with zero attached hydrogens (tertiary/aromatic N) is 7. The van der Waals surface area contributed by atoms with Crippen LogP contribution in [0.1, 0.15) is 49.1 Å². The van der Waals surface area contributed by atoms with Gasteiger partial charge in [0.2, 0.25) is 21.9 Å². The zero-order chi connectivity index (χ0) is 35.7. The lowest BCUT2D eigenvalue weighted by molar-refractivity contribution is -0.120. The number of nitrogens with one attached hydrogen (secondary N) is 2. The van der Waals surface area contributed by atoms with E-state index in [2.05, 4.69) is 47.5 Å². The van der Waals surface area contributed by atoms with Gasteiger partial charge in [0.25, 0.3) is 0 Å². The monoisotopic (exact) mass is 723 g/mol. The molecular weight excluding hydrogens is 684 g/mol. The number of piperidine rings is 2. The van der Waals surface area contributed by atoms with Gasteiger partial charge in [0.15, 0.2) is 11.6 Å². The Morgan fingerprint density at radius 3 is 2.33 bits per heavy atom. The third-order valence-electron chi connectivity index (χ3n) is 9.83. The number of aryl methyl sites for hydroxylation is 1. The van der Waals surface area contributed by atoms with Gasteiger partial charge in [0, 0.05) is 51.1 Å². The van der Waals surface area contributed by atoms with E-state index in [0.717, 1.165) is 48.9 Å². The Morgan fingerprint density at radius 2 is 1.67 bits per heavy atom. The second-order valence-electron chi connectivity index (χ2n) is 13.1. The van der Waals surface area contributed by atoms with Crippen LogP contribution in [0.3, 0.4) is 0 Å². The second kappa shape index (κ2) is 14.5. The molecule has 0 saturated carbocycles. The molecule has 3 saturated heterocycles. The highest BCUT2D eigenvalue weighted by atomic mass is 32.2. The molecule has 51 heavy (non-hydrogen) atoms. The van der Waals surface area contributed by atoms with Crippen LogP contribution in [-0.4, -0.2) is 94.7 Å². The molecule has 7 rings (SSSR count). The van der Waals surface area contributed by atoms with Crippen molar-refractivity contribution in [2.75, 3.05) is 42.9 Å². The first-order valence-electron chi connectivity index (χ1n) is 17.0. The van der Waals surface area contributed by atoms with Crippen LogP contribution in [0.5, 0.6) is 5.75 Å². The fourth-order valence-corrected chi connectivity index (χ4v) is 8.52. The summed E-state index contributed by atoms with van der Waals surface area (Å²) in [6, 6.07) is 12.9. The lowest BCUT2D eigenvalue weighted by atomic mass is 9.89. The van der Waals surface area contributed by atoms with Crippen LogP contribution in [0, 0.1) is 0 Å². The van der Waals surface area contributed by atoms with E-state index in [1.165, 1.54) is 27.2 Å². The molecule has 2 N–H and O–H groups in total. The number of anilines is 2. The predicted molar refractivity (Wildman–Crippen MR) is 184 cm³/mol. The van der Waals surface area contributed by atoms with Crippen molar-refractivity contribution in [3.8, 4) is 5.75 Å². The van der Waals surface area contributed by atoms with Gasteiger partial charge >= 0.3 is 12.6 Å². The first-order chi connectivity index (χ1) is 24.5. The van der Waals surface area contributed by atoms with Gasteiger partial charge in [-0.1, -0.05) is 18.2 Å². The Kier molecular flexibility index (Phi) is 9.85. The minimum Gasteiger partial charge on any atom is -0.432 e. The Hall–Kier alpha value is -4.74. The number of halogens is 2. The molecular formula is C34H39F2N9O5S. The van der Waals surface area contributed by atoms with E-state index in [0.29, 0.717) is 44.2 Å². The molecule has 0 bridgehead atoms. The highest BCUT2D eigenvalue weighted by molar-refractivity contribution is 7.89. The number of urea groups is 1. The molecule has 4 aromatic rings. The third-order valence-corrected chi connectivity index (χ3v) is 11.7. The van der Waals surface area contributed by atoms with E-state index in [1.54, 1.807) is 16.8 Å². The summed E-state index contributed by atoms with van der Waals surface area (Å²) in [6.07, 6.45) is 5.63. The predicted octanol–water partition coefficient (Wildman–Crippen LogP) is 4.06. The van der Waals surface area contributed by atoms with E-state index in [1.807, 2.05) is 25.2 Å². The molecule has 3 amide bonds. The molecule has 2 aromatic heterocycles. The number of fused-ring (bicyclic) bond motifs is 1. The summed E-state index contributed by atoms with van der Waals surface area (Å²) >= 11 is 0. The second-order valence-corrected chi connectivity index (χ2v) is 15.1. The van der Waals surface area contributed by atoms with E-state index < -0.39 is 22.7 Å². The lowest BCUT2D eigenvalue weighted by Gasteiger charge is -2.32. The highest BCUT2D eigenvalue weighted by Gasteiger charge is 2.31. The van der Waals surface area contributed by atoms with Crippen LogP contribution >= 0.6 is 0 Å². The smallest absolute Gasteiger partial charge is 0.387 e. The normalized spacial score (nSPS) is 18.8. The third kappa shape index (κ3) is 7.64. The molecule has 0 aliphatic carbocycles. The van der Waals surface area contributed by atoms with Crippen LogP contribution in [0.25, 0.3) is 10.9 Å². The Morgan fingerprint density at radius 1 is 0.961 bits per heavy atom. The summed E-state index contributed by atoms with van der Waals surface area (Å²) in [6.45, 7) is 0.546. The number of sulfonamides is 1. The standard InChI is InChI=1S/C34H39F2N9O5S/c1-42-29-18-24(4-7-28(29)31(41-42)45-17-12-30(46)40-34(45)47)23-8-13-43(14-9-23)21-22-2-5-27(6-3-22)51(48,49)44-15-10-25(11-16-44)39-33-37-19-26(20-38-33)50-32(35)36/h2-7,18-20,23,25,32H,8-17,21H2,1H3,(H,37,38,39)(H,40,46,47). The fourth-order valence-electron chi connectivity index (χ4n) is 7.05. The molecule has 3 aliphatic heterocycles. The summed E-state index contributed by atoms with van der Waals surface area (Å²) < 4.78 is 59.1. The van der Waals surface area contributed by atoms with Crippen molar-refractivity contribution >= 4 is 44.6 Å². The molecule has 17 heteroatoms. The van der Waals surface area contributed by atoms with Crippen LogP contribution < -0.4 is 20.3 Å². The largest absolute Gasteiger partial charge is 0.432 e. The molecule has 5 heterocycles. The number of carbonyl (C=O) groups excluding carboxylic acids is 2. The van der Waals surface area contributed by atoms with Crippen LogP contribution in [0.2, 0.25) is 0 Å². The number of hydrogen-bond donors (Lipinski definition) is 2. The van der Waals surface area contributed by atoms with E-state index in [4.69, 9.17) is 0 Å². The van der Waals surface area contributed by atoms with Crippen molar-refractivity contribution in [1.82, 2.24) is 34.3 Å². The molecule has 0 radical (unpaired) electrons. The lowest BCUT2D eigenvalue weighted by Crippen LogP contribution is -2.49. The average Bonchev–Trinajstić information content (AvgIpc) is 3.44. The Balaban J connectivity index is 0.898. The van der Waals surface area contributed by atoms with Gasteiger partial charge in [0.1, 0.15) is 0 Å². The number of alkyl halides is 2. The molecule has 2 aromatic carbocycles. The maximum Gasteiger partial charge on any atom is 0.387 e. The van der Waals surface area contributed by atoms with E-state index >= 15 is 0 Å². The molecule has 14 nitrogen and oxygen atoms in total. The summed E-state index contributed by atoms with van der Waals surface area (Å²) in [5.74, 6) is 0.794. The van der Waals surface area contributed by atoms with Gasteiger partial charge in [-0.05, 0) is 80.1 Å². The van der Waals surface area contributed by atoms with Gasteiger partial charge in [-0.2, -0.15) is 18.2 Å². The van der Waals surface area contributed by atoms with E-state index in [9.17, 15) is 26.8 Å². The number of imide groups is 1. The number of amides is 3. The van der Waals surface area contributed by atoms with Crippen molar-refractivity contribution in [3.05, 3.63) is 66.0 Å². The quantitative estimate of drug-likeness (QED) is 0.245. The first kappa shape index (κ1) is 34.7. The number of carbonyl (C=O) groups is 2. The summed E-state index contributed by atoms with van der Waals surface area (Å²) in [4.78, 5) is 36.2. The molecule has 0 spiro atoms. The van der Waals surface area contributed by atoms with Gasteiger partial charge in [-0.25, -0.2) is 23.2 Å². The zero-order valence-corrected chi connectivity index (χ0v) is 28.9. The van der Waals surface area contributed by atoms with Gasteiger partial charge in [-0.3, -0.25) is 24.6 Å². The minimum atomic E-state index is -3.66. The number of ether oxygens (including phenoxy) is 1. The number of likely N-dealkylation sites (tertiary alicyclic amines) is 1. The maximum atomic E-state index is 13.4. The number of benzene rings is 2. The Bertz CT molecular complexity index is 1990. The minimum absolute atomic E-state index is 0.0565. The van der Waals surface area contributed by atoms with Gasteiger partial charge in [-0.15, -0.1) is 0 Å². The fraction of sp³-hybridized carbons (Fsp3) is 0.441. The van der Waals surface area contributed by atoms with Crippen molar-refractivity contribution in [3.63, 3.8) is 0 Å². The summed E-state index contributed by atoms with van der Waals surface area (Å²) in [5.41, 5.74) is 3.22. The number of hydrogen-bond acceptors (Lipinski definition) is 10. The van der Waals surface area contributed by atoms with Crippen molar-refractivity contribution in [2.45, 2.75) is 62.1 Å². The number of rotatable bonds is 10. The van der Waals surface area contributed by atoms with Crippen molar-refractivity contribution in [2.24, 2.45) is 7.05 Å². The SMILES string of the molecule is Cn1nc(N2CCC(=O)NC2=O)c2ccc(C3CCN(Cc4ccc(S(=O)(=O)N5CCC(Nc6ncc(OC(F)F)cn6)CC5)cc4)CC3)cc21. The van der Waals surface area contributed by atoms with Gasteiger partial charge in [0.05, 0.1) is 22.8 Å². The number of aromatic nitrogens is 4. The maximum absolute atomic E-state index is 13.4. The average molecular weight is 724 g/mol. The summed E-state index contributed by atoms with van der Waals surface area (Å²) in [7, 11) is -1.80. The van der Waals surface area contributed by atoms with Crippen LogP contribution in [0.15, 0.2) is 59.8 Å². The molecule has 3 aliphatic rings. The van der Waals surface area contributed by atoms with Crippen LogP contribution in [-0.2, 0) is 28.4 Å². The van der Waals surface area contributed by atoms with Crippen molar-refractivity contribution in [1.29, 1.82) is 0 Å². The molecule has 0 unspecified atom stereocenters. The van der Waals surface area contributed by atoms with Crippen LogP contribution in [0.4, 0.5) is 25.3 Å². The first-order valence-corrected chi connectivity index (χ1v) is 18.4. The molecule has 0 atom stereocenters.